The molecule has 0 spiro atoms. The Kier molecular flexibility index (Phi) is 5.39. The van der Waals surface area contributed by atoms with Gasteiger partial charge in [-0.25, -0.2) is 9.18 Å². The van der Waals surface area contributed by atoms with E-state index in [9.17, 15) is 9.18 Å². The highest BCUT2D eigenvalue weighted by molar-refractivity contribution is 6.34. The van der Waals surface area contributed by atoms with Gasteiger partial charge in [-0.05, 0) is 49.1 Å². The minimum Gasteiger partial charge on any atom is -0.338 e. The first kappa shape index (κ1) is 16.3. The zero-order valence-corrected chi connectivity index (χ0v) is 13.3. The van der Waals surface area contributed by atoms with Crippen molar-refractivity contribution in [1.82, 2.24) is 5.32 Å². The van der Waals surface area contributed by atoms with E-state index in [2.05, 4.69) is 10.6 Å². The number of amides is 2. The molecule has 0 radical (unpaired) electrons. The highest BCUT2D eigenvalue weighted by atomic mass is 35.5. The zero-order valence-electron chi connectivity index (χ0n) is 12.5. The summed E-state index contributed by atoms with van der Waals surface area (Å²) in [5.74, 6) is -0.262. The Balaban J connectivity index is 1.90. The third kappa shape index (κ3) is 4.21. The van der Waals surface area contributed by atoms with E-state index in [4.69, 9.17) is 11.6 Å². The van der Waals surface area contributed by atoms with Gasteiger partial charge in [-0.3, -0.25) is 0 Å². The third-order valence-corrected chi connectivity index (χ3v) is 3.61. The molecule has 0 aliphatic rings. The molecule has 2 aromatic carbocycles. The van der Waals surface area contributed by atoms with Crippen LogP contribution in [-0.2, 0) is 6.42 Å². The number of rotatable bonds is 4. The first-order valence-corrected chi connectivity index (χ1v) is 7.40. The second-order valence-corrected chi connectivity index (χ2v) is 5.57. The number of carbonyl (C=O) groups is 1. The number of halogens is 2. The van der Waals surface area contributed by atoms with Crippen molar-refractivity contribution >= 4 is 23.3 Å². The Morgan fingerprint density at radius 3 is 2.64 bits per heavy atom. The normalized spacial score (nSPS) is 10.4. The molecule has 0 aliphatic heterocycles. The van der Waals surface area contributed by atoms with Crippen molar-refractivity contribution in [2.45, 2.75) is 20.3 Å². The molecule has 5 heteroatoms. The van der Waals surface area contributed by atoms with Gasteiger partial charge in [0.25, 0.3) is 0 Å². The van der Waals surface area contributed by atoms with Crippen molar-refractivity contribution in [3.63, 3.8) is 0 Å². The summed E-state index contributed by atoms with van der Waals surface area (Å²) < 4.78 is 13.5. The molecule has 2 N–H and O–H groups in total. The van der Waals surface area contributed by atoms with E-state index in [1.165, 1.54) is 6.07 Å². The van der Waals surface area contributed by atoms with Gasteiger partial charge in [-0.2, -0.15) is 0 Å². The summed E-state index contributed by atoms with van der Waals surface area (Å²) in [5, 5.41) is 5.93. The fraction of sp³-hybridized carbons (Fsp3) is 0.235. The average molecular weight is 321 g/mol. The number of carbonyl (C=O) groups excluding carboxylic acids is 1. The van der Waals surface area contributed by atoms with Gasteiger partial charge in [0.1, 0.15) is 5.82 Å². The molecule has 0 heterocycles. The molecular weight excluding hydrogens is 303 g/mol. The van der Waals surface area contributed by atoms with Crippen LogP contribution >= 0.6 is 11.6 Å². The van der Waals surface area contributed by atoms with E-state index < -0.39 is 0 Å². The summed E-state index contributed by atoms with van der Waals surface area (Å²) in [7, 11) is 0. The largest absolute Gasteiger partial charge is 0.338 e. The maximum Gasteiger partial charge on any atom is 0.319 e. The van der Waals surface area contributed by atoms with E-state index in [1.54, 1.807) is 24.3 Å². The highest BCUT2D eigenvalue weighted by Gasteiger charge is 2.09. The van der Waals surface area contributed by atoms with Crippen molar-refractivity contribution in [3.05, 3.63) is 63.9 Å². The molecular formula is C17H18ClFN2O. The lowest BCUT2D eigenvalue weighted by atomic mass is 10.1. The van der Waals surface area contributed by atoms with Gasteiger partial charge in [-0.1, -0.05) is 35.9 Å². The molecule has 0 fully saturated rings. The van der Waals surface area contributed by atoms with Crippen LogP contribution in [0.3, 0.4) is 0 Å². The van der Waals surface area contributed by atoms with Crippen LogP contribution in [0.1, 0.15) is 16.7 Å². The summed E-state index contributed by atoms with van der Waals surface area (Å²) in [6.07, 6.45) is 0.431. The number of nitrogens with one attached hydrogen (secondary N) is 2. The second kappa shape index (κ2) is 7.27. The first-order chi connectivity index (χ1) is 10.5. The fourth-order valence-electron chi connectivity index (χ4n) is 2.24. The van der Waals surface area contributed by atoms with Crippen molar-refractivity contribution in [1.29, 1.82) is 0 Å². The van der Waals surface area contributed by atoms with Crippen molar-refractivity contribution in [2.24, 2.45) is 0 Å². The van der Waals surface area contributed by atoms with Crippen LogP contribution in [0.25, 0.3) is 0 Å². The maximum atomic E-state index is 13.5. The molecule has 0 saturated carbocycles. The molecule has 0 atom stereocenters. The average Bonchev–Trinajstić information content (AvgIpc) is 2.45. The fourth-order valence-corrected chi connectivity index (χ4v) is 2.61. The lowest BCUT2D eigenvalue weighted by Gasteiger charge is -2.12. The Bertz CT molecular complexity index is 665. The Morgan fingerprint density at radius 1 is 1.23 bits per heavy atom. The predicted octanol–water partition coefficient (Wildman–Crippen LogP) is 4.46. The van der Waals surface area contributed by atoms with Gasteiger partial charge < -0.3 is 10.6 Å². The molecule has 0 aliphatic carbocycles. The number of benzene rings is 2. The highest BCUT2D eigenvalue weighted by Crippen LogP contribution is 2.27. The smallest absolute Gasteiger partial charge is 0.319 e. The van der Waals surface area contributed by atoms with E-state index >= 15 is 0 Å². The lowest BCUT2D eigenvalue weighted by molar-refractivity contribution is 0.252. The Hall–Kier alpha value is -2.07. The van der Waals surface area contributed by atoms with Crippen LogP contribution in [-0.4, -0.2) is 12.6 Å². The zero-order chi connectivity index (χ0) is 16.1. The van der Waals surface area contributed by atoms with Crippen LogP contribution < -0.4 is 10.6 Å². The van der Waals surface area contributed by atoms with E-state index in [1.807, 2.05) is 19.9 Å². The van der Waals surface area contributed by atoms with Crippen LogP contribution in [0.2, 0.25) is 5.02 Å². The van der Waals surface area contributed by atoms with Crippen LogP contribution in [0.5, 0.6) is 0 Å². The monoisotopic (exact) mass is 320 g/mol. The SMILES string of the molecule is Cc1cc(C)c(NC(=O)NCCc2ccccc2F)c(Cl)c1. The number of anilines is 1. The number of aryl methyl sites for hydroxylation is 2. The molecule has 22 heavy (non-hydrogen) atoms. The summed E-state index contributed by atoms with van der Waals surface area (Å²) in [6.45, 7) is 4.17. The quantitative estimate of drug-likeness (QED) is 0.858. The first-order valence-electron chi connectivity index (χ1n) is 7.02. The van der Waals surface area contributed by atoms with Gasteiger partial charge in [0.05, 0.1) is 10.7 Å². The van der Waals surface area contributed by atoms with Gasteiger partial charge >= 0.3 is 6.03 Å². The van der Waals surface area contributed by atoms with E-state index in [0.29, 0.717) is 29.2 Å². The standard InChI is InChI=1S/C17H18ClFN2O/c1-11-9-12(2)16(14(18)10-11)21-17(22)20-8-7-13-5-3-4-6-15(13)19/h3-6,9-10H,7-8H2,1-2H3,(H2,20,21,22). The van der Waals surface area contributed by atoms with Crippen LogP contribution in [0, 0.1) is 19.7 Å². The summed E-state index contributed by atoms with van der Waals surface area (Å²) in [4.78, 5) is 11.9. The molecule has 0 bridgehead atoms. The molecule has 3 nitrogen and oxygen atoms in total. The lowest BCUT2D eigenvalue weighted by Crippen LogP contribution is -2.31. The Morgan fingerprint density at radius 2 is 1.95 bits per heavy atom. The minimum absolute atomic E-state index is 0.262. The second-order valence-electron chi connectivity index (χ2n) is 5.16. The van der Waals surface area contributed by atoms with Crippen molar-refractivity contribution < 1.29 is 9.18 Å². The summed E-state index contributed by atoms with van der Waals surface area (Å²) >= 11 is 6.14. The molecule has 0 unspecified atom stereocenters. The molecule has 2 amide bonds. The van der Waals surface area contributed by atoms with Gasteiger partial charge in [0.15, 0.2) is 0 Å². The number of urea groups is 1. The summed E-state index contributed by atoms with van der Waals surface area (Å²) in [5.41, 5.74) is 3.10. The molecule has 0 saturated heterocycles. The third-order valence-electron chi connectivity index (χ3n) is 3.31. The molecule has 0 aromatic heterocycles. The van der Waals surface area contributed by atoms with Gasteiger partial charge in [0.2, 0.25) is 0 Å². The van der Waals surface area contributed by atoms with Gasteiger partial charge in [-0.15, -0.1) is 0 Å². The molecule has 116 valence electrons. The Labute approximate surface area is 134 Å². The van der Waals surface area contributed by atoms with Gasteiger partial charge in [0, 0.05) is 6.54 Å². The van der Waals surface area contributed by atoms with Crippen LogP contribution in [0.4, 0.5) is 14.9 Å². The van der Waals surface area contributed by atoms with Crippen molar-refractivity contribution in [2.75, 3.05) is 11.9 Å². The minimum atomic E-state index is -0.356. The summed E-state index contributed by atoms with van der Waals surface area (Å²) in [6, 6.07) is 9.91. The van der Waals surface area contributed by atoms with E-state index in [0.717, 1.165) is 11.1 Å². The predicted molar refractivity (Wildman–Crippen MR) is 88.1 cm³/mol. The van der Waals surface area contributed by atoms with Crippen LogP contribution in [0.15, 0.2) is 36.4 Å². The topological polar surface area (TPSA) is 41.1 Å². The number of hydrogen-bond acceptors (Lipinski definition) is 1. The maximum absolute atomic E-state index is 13.5. The van der Waals surface area contributed by atoms with E-state index in [-0.39, 0.29) is 11.8 Å². The molecule has 2 rings (SSSR count). The van der Waals surface area contributed by atoms with Crippen molar-refractivity contribution in [3.8, 4) is 0 Å². The number of hydrogen-bond donors (Lipinski definition) is 2. The molecule has 2 aromatic rings.